The molecule has 0 radical (unpaired) electrons. The lowest BCUT2D eigenvalue weighted by Gasteiger charge is -2.34. The van der Waals surface area contributed by atoms with Crippen molar-refractivity contribution < 1.29 is 9.18 Å². The highest BCUT2D eigenvalue weighted by molar-refractivity contribution is 6.31. The third-order valence-corrected chi connectivity index (χ3v) is 4.78. The molecule has 2 aromatic rings. The van der Waals surface area contributed by atoms with Gasteiger partial charge in [0.05, 0.1) is 16.3 Å². The molecule has 26 heavy (non-hydrogen) atoms. The van der Waals surface area contributed by atoms with Crippen LogP contribution in [0.15, 0.2) is 24.4 Å². The Morgan fingerprint density at radius 2 is 2.04 bits per heavy atom. The van der Waals surface area contributed by atoms with E-state index >= 15 is 0 Å². The number of hydrogen-bond acceptors (Lipinski definition) is 5. The van der Waals surface area contributed by atoms with Crippen LogP contribution in [0.4, 0.5) is 16.0 Å². The van der Waals surface area contributed by atoms with E-state index in [9.17, 15) is 9.18 Å². The summed E-state index contributed by atoms with van der Waals surface area (Å²) in [7, 11) is 0. The summed E-state index contributed by atoms with van der Waals surface area (Å²) < 4.78 is 13.2. The van der Waals surface area contributed by atoms with Crippen LogP contribution in [0, 0.1) is 12.7 Å². The zero-order valence-electron chi connectivity index (χ0n) is 14.8. The fourth-order valence-corrected chi connectivity index (χ4v) is 3.05. The van der Waals surface area contributed by atoms with Crippen LogP contribution in [0.1, 0.15) is 23.0 Å². The molecule has 1 aromatic heterocycles. The predicted molar refractivity (Wildman–Crippen MR) is 100 cm³/mol. The van der Waals surface area contributed by atoms with E-state index in [1.54, 1.807) is 6.92 Å². The number of piperazine rings is 1. The second kappa shape index (κ2) is 7.97. The predicted octanol–water partition coefficient (Wildman–Crippen LogP) is 2.97. The van der Waals surface area contributed by atoms with E-state index in [0.717, 1.165) is 32.7 Å². The molecule has 2 heterocycles. The highest BCUT2D eigenvalue weighted by atomic mass is 35.5. The summed E-state index contributed by atoms with van der Waals surface area (Å²) >= 11 is 5.74. The van der Waals surface area contributed by atoms with Crippen molar-refractivity contribution in [2.24, 2.45) is 0 Å². The van der Waals surface area contributed by atoms with Gasteiger partial charge >= 0.3 is 0 Å². The van der Waals surface area contributed by atoms with Crippen molar-refractivity contribution in [1.82, 2.24) is 14.9 Å². The van der Waals surface area contributed by atoms with Gasteiger partial charge in [-0.25, -0.2) is 14.4 Å². The van der Waals surface area contributed by atoms with Gasteiger partial charge < -0.3 is 15.1 Å². The first-order valence-corrected chi connectivity index (χ1v) is 8.93. The third-order valence-electron chi connectivity index (χ3n) is 4.49. The number of aromatic nitrogens is 2. The number of rotatable bonds is 4. The summed E-state index contributed by atoms with van der Waals surface area (Å²) in [4.78, 5) is 25.8. The molecule has 0 saturated carbocycles. The van der Waals surface area contributed by atoms with Gasteiger partial charge in [-0.2, -0.15) is 0 Å². The van der Waals surface area contributed by atoms with E-state index in [0.29, 0.717) is 22.9 Å². The number of hydrogen-bond donors (Lipinski definition) is 1. The topological polar surface area (TPSA) is 61.4 Å². The van der Waals surface area contributed by atoms with E-state index in [-0.39, 0.29) is 10.9 Å². The molecule has 138 valence electrons. The monoisotopic (exact) mass is 377 g/mol. The molecule has 1 aromatic carbocycles. The van der Waals surface area contributed by atoms with Gasteiger partial charge in [-0.05, 0) is 31.7 Å². The lowest BCUT2D eigenvalue weighted by molar-refractivity contribution is 0.102. The number of halogens is 2. The molecule has 6 nitrogen and oxygen atoms in total. The Morgan fingerprint density at radius 1 is 1.31 bits per heavy atom. The number of carbonyl (C=O) groups is 1. The Labute approximate surface area is 157 Å². The van der Waals surface area contributed by atoms with Gasteiger partial charge in [-0.1, -0.05) is 18.5 Å². The normalized spacial score (nSPS) is 15.2. The standard InChI is InChI=1S/C18H21ClFN5O/c1-3-24-6-8-25(9-7-24)18-21-11-14(12(2)22-18)17(26)23-13-4-5-16(20)15(19)10-13/h4-5,10-11H,3,6-9H2,1-2H3,(H,23,26). The highest BCUT2D eigenvalue weighted by Crippen LogP contribution is 2.20. The Bertz CT molecular complexity index is 808. The molecule has 0 aliphatic carbocycles. The van der Waals surface area contributed by atoms with Crippen molar-refractivity contribution in [3.05, 3.63) is 46.5 Å². The smallest absolute Gasteiger partial charge is 0.259 e. The fourth-order valence-electron chi connectivity index (χ4n) is 2.87. The first-order chi connectivity index (χ1) is 12.5. The first kappa shape index (κ1) is 18.5. The van der Waals surface area contributed by atoms with Crippen molar-refractivity contribution in [2.75, 3.05) is 42.9 Å². The van der Waals surface area contributed by atoms with Crippen molar-refractivity contribution in [3.8, 4) is 0 Å². The molecule has 3 rings (SSSR count). The van der Waals surface area contributed by atoms with Gasteiger partial charge in [0.1, 0.15) is 5.82 Å². The van der Waals surface area contributed by atoms with Crippen LogP contribution in [0.3, 0.4) is 0 Å². The summed E-state index contributed by atoms with van der Waals surface area (Å²) in [6, 6.07) is 4.03. The minimum atomic E-state index is -0.531. The van der Waals surface area contributed by atoms with E-state index < -0.39 is 5.82 Å². The van der Waals surface area contributed by atoms with Crippen LogP contribution < -0.4 is 10.2 Å². The molecule has 0 bridgehead atoms. The minimum absolute atomic E-state index is 0.0441. The maximum absolute atomic E-state index is 13.2. The Balaban J connectivity index is 1.70. The van der Waals surface area contributed by atoms with Gasteiger partial charge in [-0.15, -0.1) is 0 Å². The molecule has 8 heteroatoms. The molecule has 1 aliphatic rings. The number of nitrogens with zero attached hydrogens (tertiary/aromatic N) is 4. The average molecular weight is 378 g/mol. The summed E-state index contributed by atoms with van der Waals surface area (Å²) in [5.41, 5.74) is 1.39. The lowest BCUT2D eigenvalue weighted by atomic mass is 10.2. The SMILES string of the molecule is CCN1CCN(c2ncc(C(=O)Nc3ccc(F)c(Cl)c3)c(C)n2)CC1. The Morgan fingerprint density at radius 3 is 2.65 bits per heavy atom. The number of likely N-dealkylation sites (N-methyl/N-ethyl adjacent to an activating group) is 1. The van der Waals surface area contributed by atoms with Crippen LogP contribution in [0.2, 0.25) is 5.02 Å². The fraction of sp³-hybridized carbons (Fsp3) is 0.389. The summed E-state index contributed by atoms with van der Waals surface area (Å²) in [5.74, 6) is -0.246. The molecule has 1 amide bonds. The van der Waals surface area contributed by atoms with E-state index in [2.05, 4.69) is 32.0 Å². The number of nitrogens with one attached hydrogen (secondary N) is 1. The molecule has 0 unspecified atom stereocenters. The second-order valence-corrected chi connectivity index (χ2v) is 6.58. The van der Waals surface area contributed by atoms with Crippen molar-refractivity contribution in [1.29, 1.82) is 0 Å². The largest absolute Gasteiger partial charge is 0.338 e. The Kier molecular flexibility index (Phi) is 5.68. The van der Waals surface area contributed by atoms with Crippen molar-refractivity contribution in [2.45, 2.75) is 13.8 Å². The molecule has 1 N–H and O–H groups in total. The number of benzene rings is 1. The van der Waals surface area contributed by atoms with Crippen LogP contribution >= 0.6 is 11.6 Å². The van der Waals surface area contributed by atoms with Gasteiger partial charge in [0.2, 0.25) is 5.95 Å². The quantitative estimate of drug-likeness (QED) is 0.887. The van der Waals surface area contributed by atoms with Crippen molar-refractivity contribution >= 4 is 29.1 Å². The van der Waals surface area contributed by atoms with E-state index in [1.165, 1.54) is 24.4 Å². The highest BCUT2D eigenvalue weighted by Gasteiger charge is 2.20. The molecule has 0 atom stereocenters. The molecule has 1 fully saturated rings. The molecular formula is C18H21ClFN5O. The maximum atomic E-state index is 13.2. The summed E-state index contributed by atoms with van der Waals surface area (Å²) in [5, 5.41) is 2.65. The van der Waals surface area contributed by atoms with Gasteiger partial charge in [-0.3, -0.25) is 4.79 Å². The third kappa shape index (κ3) is 4.11. The average Bonchev–Trinajstić information content (AvgIpc) is 2.64. The van der Waals surface area contributed by atoms with Crippen LogP contribution in [-0.4, -0.2) is 53.5 Å². The molecule has 0 spiro atoms. The van der Waals surface area contributed by atoms with Crippen molar-refractivity contribution in [3.63, 3.8) is 0 Å². The molecule has 1 saturated heterocycles. The zero-order valence-corrected chi connectivity index (χ0v) is 15.6. The van der Waals surface area contributed by atoms with E-state index in [4.69, 9.17) is 11.6 Å². The minimum Gasteiger partial charge on any atom is -0.338 e. The summed E-state index contributed by atoms with van der Waals surface area (Å²) in [6.45, 7) is 8.66. The van der Waals surface area contributed by atoms with Crippen LogP contribution in [-0.2, 0) is 0 Å². The second-order valence-electron chi connectivity index (χ2n) is 6.17. The number of amides is 1. The number of carbonyl (C=O) groups excluding carboxylic acids is 1. The number of anilines is 2. The number of aryl methyl sites for hydroxylation is 1. The van der Waals surface area contributed by atoms with Crippen LogP contribution in [0.25, 0.3) is 0 Å². The molecule has 1 aliphatic heterocycles. The first-order valence-electron chi connectivity index (χ1n) is 8.55. The summed E-state index contributed by atoms with van der Waals surface area (Å²) in [6.07, 6.45) is 1.53. The van der Waals surface area contributed by atoms with Gasteiger partial charge in [0, 0.05) is 38.1 Å². The Hall–Kier alpha value is -2.25. The van der Waals surface area contributed by atoms with Gasteiger partial charge in [0.15, 0.2) is 0 Å². The molecular weight excluding hydrogens is 357 g/mol. The van der Waals surface area contributed by atoms with Crippen LogP contribution in [0.5, 0.6) is 0 Å². The van der Waals surface area contributed by atoms with Gasteiger partial charge in [0.25, 0.3) is 5.91 Å². The lowest BCUT2D eigenvalue weighted by Crippen LogP contribution is -2.46. The zero-order chi connectivity index (χ0) is 18.7. The van der Waals surface area contributed by atoms with E-state index in [1.807, 2.05) is 0 Å². The maximum Gasteiger partial charge on any atom is 0.259 e.